The highest BCUT2D eigenvalue weighted by molar-refractivity contribution is 5.75. The van der Waals surface area contributed by atoms with Gasteiger partial charge < -0.3 is 15.5 Å². The van der Waals surface area contributed by atoms with Gasteiger partial charge >= 0.3 is 0 Å². The average Bonchev–Trinajstić information content (AvgIpc) is 2.80. The number of aliphatic hydroxyl groups excluding tert-OH is 2. The molecule has 1 amide bonds. The van der Waals surface area contributed by atoms with Gasteiger partial charge in [-0.3, -0.25) is 4.79 Å². The number of carbonyl (C=O) groups excluding carboxylic acids is 1. The van der Waals surface area contributed by atoms with Crippen LogP contribution in [0, 0.1) is 0 Å². The normalized spacial score (nSPS) is 13.5. The number of nitrogens with one attached hydrogen (secondary N) is 1. The summed E-state index contributed by atoms with van der Waals surface area (Å²) in [6, 6.07) is -0.612. The van der Waals surface area contributed by atoms with Crippen molar-refractivity contribution in [1.82, 2.24) is 5.32 Å². The topological polar surface area (TPSA) is 69.6 Å². The van der Waals surface area contributed by atoms with Gasteiger partial charge in [-0.2, -0.15) is 0 Å². The molecule has 32 heavy (non-hydrogen) atoms. The molecule has 0 radical (unpaired) electrons. The van der Waals surface area contributed by atoms with Gasteiger partial charge in [0.15, 0.2) is 0 Å². The SMILES string of the molecule is CCCCCCCCCCCCCCCCCCCC/C=C/C(O)C(CO)NC(=O)CC. The second-order valence-electron chi connectivity index (χ2n) is 9.43. The summed E-state index contributed by atoms with van der Waals surface area (Å²) in [5.41, 5.74) is 0. The molecule has 0 saturated heterocycles. The molecule has 0 spiro atoms. The van der Waals surface area contributed by atoms with Crippen molar-refractivity contribution >= 4 is 5.91 Å². The van der Waals surface area contributed by atoms with E-state index < -0.39 is 12.1 Å². The molecule has 0 aromatic heterocycles. The molecule has 0 aliphatic carbocycles. The summed E-state index contributed by atoms with van der Waals surface area (Å²) >= 11 is 0. The van der Waals surface area contributed by atoms with Gasteiger partial charge in [0.2, 0.25) is 5.91 Å². The molecule has 4 nitrogen and oxygen atoms in total. The Morgan fingerprint density at radius 3 is 1.50 bits per heavy atom. The molecule has 190 valence electrons. The smallest absolute Gasteiger partial charge is 0.220 e. The van der Waals surface area contributed by atoms with Gasteiger partial charge in [0, 0.05) is 6.42 Å². The molecule has 4 heteroatoms. The molecule has 0 rings (SSSR count). The van der Waals surface area contributed by atoms with Crippen molar-refractivity contribution in [2.24, 2.45) is 0 Å². The zero-order chi connectivity index (χ0) is 23.7. The Morgan fingerprint density at radius 2 is 1.12 bits per heavy atom. The predicted molar refractivity (Wildman–Crippen MR) is 138 cm³/mol. The zero-order valence-electron chi connectivity index (χ0n) is 21.5. The van der Waals surface area contributed by atoms with Crippen LogP contribution in [0.5, 0.6) is 0 Å². The molecule has 0 aliphatic rings. The highest BCUT2D eigenvalue weighted by Crippen LogP contribution is 2.14. The van der Waals surface area contributed by atoms with Gasteiger partial charge in [-0.05, 0) is 12.8 Å². The maximum atomic E-state index is 11.4. The number of allylic oxidation sites excluding steroid dienone is 1. The number of aliphatic hydroxyl groups is 2. The molecular formula is C28H55NO3. The Kier molecular flexibility index (Phi) is 24.1. The van der Waals surface area contributed by atoms with Crippen LogP contribution in [-0.2, 0) is 4.79 Å². The van der Waals surface area contributed by atoms with E-state index in [1.807, 2.05) is 6.08 Å². The second kappa shape index (κ2) is 24.8. The van der Waals surface area contributed by atoms with Crippen LogP contribution >= 0.6 is 0 Å². The lowest BCUT2D eigenvalue weighted by atomic mass is 10.0. The minimum absolute atomic E-state index is 0.153. The van der Waals surface area contributed by atoms with Gasteiger partial charge in [0.05, 0.1) is 18.8 Å². The van der Waals surface area contributed by atoms with E-state index in [2.05, 4.69) is 12.2 Å². The van der Waals surface area contributed by atoms with Crippen molar-refractivity contribution in [3.8, 4) is 0 Å². The lowest BCUT2D eigenvalue weighted by molar-refractivity contribution is -0.122. The Balaban J connectivity index is 3.35. The molecule has 2 unspecified atom stereocenters. The van der Waals surface area contributed by atoms with Crippen molar-refractivity contribution in [3.63, 3.8) is 0 Å². The first kappa shape index (κ1) is 31.1. The van der Waals surface area contributed by atoms with E-state index in [0.29, 0.717) is 6.42 Å². The third kappa shape index (κ3) is 21.0. The average molecular weight is 454 g/mol. The van der Waals surface area contributed by atoms with Crippen LogP contribution < -0.4 is 5.32 Å². The zero-order valence-corrected chi connectivity index (χ0v) is 21.5. The van der Waals surface area contributed by atoms with Gasteiger partial charge in [-0.25, -0.2) is 0 Å². The van der Waals surface area contributed by atoms with Crippen LogP contribution in [0.25, 0.3) is 0 Å². The van der Waals surface area contributed by atoms with E-state index in [1.165, 1.54) is 109 Å². The fourth-order valence-electron chi connectivity index (χ4n) is 4.08. The Bertz CT molecular complexity index is 425. The quantitative estimate of drug-likeness (QED) is 0.107. The molecule has 0 aromatic carbocycles. The summed E-state index contributed by atoms with van der Waals surface area (Å²) in [4.78, 5) is 11.4. The van der Waals surface area contributed by atoms with Crippen molar-refractivity contribution in [2.75, 3.05) is 6.61 Å². The van der Waals surface area contributed by atoms with E-state index in [4.69, 9.17) is 0 Å². The van der Waals surface area contributed by atoms with Crippen LogP contribution in [0.4, 0.5) is 0 Å². The monoisotopic (exact) mass is 453 g/mol. The number of unbranched alkanes of at least 4 members (excludes halogenated alkanes) is 18. The van der Waals surface area contributed by atoms with Crippen LogP contribution in [0.3, 0.4) is 0 Å². The first-order chi connectivity index (χ1) is 15.7. The summed E-state index contributed by atoms with van der Waals surface area (Å²) in [5.74, 6) is -0.153. The van der Waals surface area contributed by atoms with Gasteiger partial charge in [0.25, 0.3) is 0 Å². The summed E-state index contributed by atoms with van der Waals surface area (Å²) < 4.78 is 0. The molecule has 0 heterocycles. The standard InChI is InChI=1S/C28H55NO3/c1-3-5-6-7-8-9-10-11-12-13-14-15-16-17-18-19-20-21-22-23-24-27(31)26(25-30)29-28(32)4-2/h23-24,26-27,30-31H,3-22,25H2,1-2H3,(H,29,32)/b24-23+. The first-order valence-corrected chi connectivity index (χ1v) is 13.9. The lowest BCUT2D eigenvalue weighted by Crippen LogP contribution is -2.44. The second-order valence-corrected chi connectivity index (χ2v) is 9.43. The minimum Gasteiger partial charge on any atom is -0.394 e. The highest BCUT2D eigenvalue weighted by atomic mass is 16.3. The molecule has 0 aromatic rings. The van der Waals surface area contributed by atoms with E-state index in [-0.39, 0.29) is 12.5 Å². The maximum Gasteiger partial charge on any atom is 0.220 e. The van der Waals surface area contributed by atoms with Gasteiger partial charge in [-0.1, -0.05) is 135 Å². The number of carbonyl (C=O) groups is 1. The van der Waals surface area contributed by atoms with Gasteiger partial charge in [-0.15, -0.1) is 0 Å². The fraction of sp³-hybridized carbons (Fsp3) is 0.893. The van der Waals surface area contributed by atoms with Gasteiger partial charge in [0.1, 0.15) is 0 Å². The molecular weight excluding hydrogens is 398 g/mol. The molecule has 0 saturated carbocycles. The van der Waals surface area contributed by atoms with Crippen LogP contribution in [0.2, 0.25) is 0 Å². The maximum absolute atomic E-state index is 11.4. The van der Waals surface area contributed by atoms with Crippen molar-refractivity contribution < 1.29 is 15.0 Å². The lowest BCUT2D eigenvalue weighted by Gasteiger charge is -2.19. The summed E-state index contributed by atoms with van der Waals surface area (Å²) in [6.07, 6.45) is 29.0. The van der Waals surface area contributed by atoms with Crippen LogP contribution in [0.15, 0.2) is 12.2 Å². The van der Waals surface area contributed by atoms with E-state index >= 15 is 0 Å². The first-order valence-electron chi connectivity index (χ1n) is 13.9. The van der Waals surface area contributed by atoms with Crippen molar-refractivity contribution in [1.29, 1.82) is 0 Å². The third-order valence-electron chi connectivity index (χ3n) is 6.33. The Morgan fingerprint density at radius 1 is 0.719 bits per heavy atom. The molecule has 0 fully saturated rings. The summed E-state index contributed by atoms with van der Waals surface area (Å²) in [7, 11) is 0. The predicted octanol–water partition coefficient (Wildman–Crippen LogP) is 7.22. The summed E-state index contributed by atoms with van der Waals surface area (Å²) in [6.45, 7) is 3.78. The molecule has 0 bridgehead atoms. The van der Waals surface area contributed by atoms with Crippen molar-refractivity contribution in [3.05, 3.63) is 12.2 Å². The Labute approximate surface area is 199 Å². The largest absolute Gasteiger partial charge is 0.394 e. The van der Waals surface area contributed by atoms with Crippen molar-refractivity contribution in [2.45, 2.75) is 154 Å². The number of amides is 1. The Hall–Kier alpha value is -0.870. The van der Waals surface area contributed by atoms with Crippen LogP contribution in [0.1, 0.15) is 142 Å². The highest BCUT2D eigenvalue weighted by Gasteiger charge is 2.17. The number of hydrogen-bond acceptors (Lipinski definition) is 3. The molecule has 3 N–H and O–H groups in total. The summed E-state index contributed by atoms with van der Waals surface area (Å²) in [5, 5.41) is 22.0. The molecule has 0 aliphatic heterocycles. The third-order valence-corrected chi connectivity index (χ3v) is 6.33. The van der Waals surface area contributed by atoms with E-state index in [0.717, 1.165) is 12.8 Å². The van der Waals surface area contributed by atoms with E-state index in [1.54, 1.807) is 13.0 Å². The van der Waals surface area contributed by atoms with E-state index in [9.17, 15) is 15.0 Å². The minimum atomic E-state index is -0.828. The van der Waals surface area contributed by atoms with Crippen LogP contribution in [-0.4, -0.2) is 34.9 Å². The molecule has 2 atom stereocenters. The fourth-order valence-corrected chi connectivity index (χ4v) is 4.08. The number of rotatable bonds is 24. The number of hydrogen-bond donors (Lipinski definition) is 3.